The van der Waals surface area contributed by atoms with Gasteiger partial charge in [-0.25, -0.2) is 9.97 Å². The number of hydrogen-bond acceptors (Lipinski definition) is 5. The van der Waals surface area contributed by atoms with Crippen LogP contribution in [0.25, 0.3) is 10.9 Å². The molecule has 1 spiro atoms. The van der Waals surface area contributed by atoms with E-state index in [0.29, 0.717) is 29.6 Å². The number of fused-ring (bicyclic) bond motifs is 1. The van der Waals surface area contributed by atoms with Gasteiger partial charge in [0, 0.05) is 36.4 Å². The molecule has 2 aromatic heterocycles. The fraction of sp³-hybridized carbons (Fsp3) is 0.471. The van der Waals surface area contributed by atoms with Gasteiger partial charge in [-0.3, -0.25) is 4.79 Å². The van der Waals surface area contributed by atoms with Crippen LogP contribution < -0.4 is 0 Å². The summed E-state index contributed by atoms with van der Waals surface area (Å²) in [5.74, 6) is -0.365. The maximum Gasteiger partial charge on any atom is 0.184 e. The summed E-state index contributed by atoms with van der Waals surface area (Å²) in [5.41, 5.74) is 1.19. The molecule has 0 bridgehead atoms. The van der Waals surface area contributed by atoms with Crippen molar-refractivity contribution in [3.63, 3.8) is 0 Å². The Morgan fingerprint density at radius 3 is 2.70 bits per heavy atom. The molecule has 1 aliphatic heterocycles. The lowest BCUT2D eigenvalue weighted by atomic mass is 9.81. The van der Waals surface area contributed by atoms with Gasteiger partial charge in [-0.05, 0) is 25.0 Å². The number of ether oxygens (including phenoxy) is 2. The van der Waals surface area contributed by atoms with Crippen LogP contribution >= 0.6 is 11.6 Å². The van der Waals surface area contributed by atoms with E-state index in [4.69, 9.17) is 21.1 Å². The lowest BCUT2D eigenvalue weighted by Gasteiger charge is -2.34. The Labute approximate surface area is 139 Å². The maximum atomic E-state index is 12.7. The van der Waals surface area contributed by atoms with E-state index in [1.807, 2.05) is 6.07 Å². The zero-order valence-corrected chi connectivity index (χ0v) is 13.4. The standard InChI is InChI=1S/C17H17ClN2O3/c18-15-9-14-12(10-19-15)1-2-13(20-14)16(21)11-3-5-17(6-4-11)22-7-8-23-17/h1-2,9-11H,3-8H2. The summed E-state index contributed by atoms with van der Waals surface area (Å²) in [7, 11) is 0. The zero-order chi connectivity index (χ0) is 15.9. The minimum Gasteiger partial charge on any atom is -0.348 e. The molecule has 23 heavy (non-hydrogen) atoms. The topological polar surface area (TPSA) is 61.3 Å². The quantitative estimate of drug-likeness (QED) is 0.623. The second kappa shape index (κ2) is 5.82. The maximum absolute atomic E-state index is 12.7. The third-order valence-electron chi connectivity index (χ3n) is 4.72. The van der Waals surface area contributed by atoms with Crippen LogP contribution in [0.3, 0.4) is 0 Å². The molecule has 0 unspecified atom stereocenters. The first-order valence-corrected chi connectivity index (χ1v) is 8.27. The Bertz CT molecular complexity index is 749. The Kier molecular flexibility index (Phi) is 3.79. The number of ketones is 1. The van der Waals surface area contributed by atoms with Crippen molar-refractivity contribution in [1.29, 1.82) is 0 Å². The van der Waals surface area contributed by atoms with Crippen LogP contribution in [0.1, 0.15) is 36.2 Å². The average molecular weight is 333 g/mol. The highest BCUT2D eigenvalue weighted by Crippen LogP contribution is 2.39. The van der Waals surface area contributed by atoms with E-state index in [9.17, 15) is 4.79 Å². The molecule has 2 fully saturated rings. The van der Waals surface area contributed by atoms with Crippen LogP contribution in [0.5, 0.6) is 0 Å². The number of nitrogens with zero attached hydrogens (tertiary/aromatic N) is 2. The molecule has 2 aliphatic rings. The molecule has 1 saturated carbocycles. The second-order valence-corrected chi connectivity index (χ2v) is 6.53. The van der Waals surface area contributed by atoms with Gasteiger partial charge in [0.25, 0.3) is 0 Å². The zero-order valence-electron chi connectivity index (χ0n) is 12.6. The largest absolute Gasteiger partial charge is 0.348 e. The summed E-state index contributed by atoms with van der Waals surface area (Å²) in [4.78, 5) is 21.2. The van der Waals surface area contributed by atoms with Gasteiger partial charge in [0.1, 0.15) is 10.8 Å². The van der Waals surface area contributed by atoms with Crippen molar-refractivity contribution in [2.75, 3.05) is 13.2 Å². The molecule has 0 radical (unpaired) electrons. The average Bonchev–Trinajstić information content (AvgIpc) is 3.02. The second-order valence-electron chi connectivity index (χ2n) is 6.14. The van der Waals surface area contributed by atoms with E-state index >= 15 is 0 Å². The number of Topliss-reactive ketones (excluding diaryl/α,β-unsaturated/α-hetero) is 1. The van der Waals surface area contributed by atoms with E-state index in [2.05, 4.69) is 9.97 Å². The van der Waals surface area contributed by atoms with Crippen molar-refractivity contribution in [2.24, 2.45) is 5.92 Å². The number of rotatable bonds is 2. The first kappa shape index (κ1) is 15.0. The normalized spacial score (nSPS) is 21.1. The van der Waals surface area contributed by atoms with E-state index in [-0.39, 0.29) is 11.7 Å². The summed E-state index contributed by atoms with van der Waals surface area (Å²) < 4.78 is 11.4. The van der Waals surface area contributed by atoms with Crippen molar-refractivity contribution in [3.05, 3.63) is 35.2 Å². The van der Waals surface area contributed by atoms with Crippen LogP contribution in [-0.2, 0) is 9.47 Å². The van der Waals surface area contributed by atoms with Crippen molar-refractivity contribution < 1.29 is 14.3 Å². The summed E-state index contributed by atoms with van der Waals surface area (Å²) in [6.07, 6.45) is 4.75. The summed E-state index contributed by atoms with van der Waals surface area (Å²) >= 11 is 5.90. The van der Waals surface area contributed by atoms with Gasteiger partial charge in [-0.2, -0.15) is 0 Å². The highest BCUT2D eigenvalue weighted by Gasteiger charge is 2.42. The summed E-state index contributed by atoms with van der Waals surface area (Å²) in [5, 5.41) is 1.26. The summed E-state index contributed by atoms with van der Waals surface area (Å²) in [6.45, 7) is 1.30. The molecular formula is C17H17ClN2O3. The fourth-order valence-corrected chi connectivity index (χ4v) is 3.60. The third kappa shape index (κ3) is 2.84. The predicted octanol–water partition coefficient (Wildman–Crippen LogP) is 3.40. The number of carbonyl (C=O) groups is 1. The van der Waals surface area contributed by atoms with Gasteiger partial charge in [-0.15, -0.1) is 0 Å². The molecule has 0 aromatic carbocycles. The Hall–Kier alpha value is -1.56. The van der Waals surface area contributed by atoms with Crippen molar-refractivity contribution in [1.82, 2.24) is 9.97 Å². The highest BCUT2D eigenvalue weighted by atomic mass is 35.5. The van der Waals surface area contributed by atoms with Gasteiger partial charge < -0.3 is 9.47 Å². The first-order chi connectivity index (χ1) is 11.2. The number of halogens is 1. The smallest absolute Gasteiger partial charge is 0.184 e. The van der Waals surface area contributed by atoms with Gasteiger partial charge >= 0.3 is 0 Å². The van der Waals surface area contributed by atoms with Gasteiger partial charge in [-0.1, -0.05) is 11.6 Å². The fourth-order valence-electron chi connectivity index (χ4n) is 3.44. The van der Waals surface area contributed by atoms with E-state index in [0.717, 1.165) is 31.1 Å². The number of aromatic nitrogens is 2. The molecule has 5 nitrogen and oxygen atoms in total. The van der Waals surface area contributed by atoms with E-state index < -0.39 is 5.79 Å². The van der Waals surface area contributed by atoms with E-state index in [1.165, 1.54) is 0 Å². The Morgan fingerprint density at radius 2 is 1.96 bits per heavy atom. The monoisotopic (exact) mass is 332 g/mol. The lowest BCUT2D eigenvalue weighted by molar-refractivity contribution is -0.180. The molecule has 0 N–H and O–H groups in total. The Balaban J connectivity index is 1.53. The van der Waals surface area contributed by atoms with Crippen molar-refractivity contribution >= 4 is 28.3 Å². The van der Waals surface area contributed by atoms with Gasteiger partial charge in [0.15, 0.2) is 11.6 Å². The molecule has 1 saturated heterocycles. The van der Waals surface area contributed by atoms with Crippen molar-refractivity contribution in [2.45, 2.75) is 31.5 Å². The molecule has 120 valence electrons. The molecule has 0 atom stereocenters. The minimum absolute atomic E-state index is 0.0179. The van der Waals surface area contributed by atoms with Crippen LogP contribution in [0.15, 0.2) is 24.4 Å². The molecule has 6 heteroatoms. The third-order valence-corrected chi connectivity index (χ3v) is 4.93. The van der Waals surface area contributed by atoms with Crippen LogP contribution in [0, 0.1) is 5.92 Å². The van der Waals surface area contributed by atoms with Gasteiger partial charge in [0.2, 0.25) is 0 Å². The number of hydrogen-bond donors (Lipinski definition) is 0. The summed E-state index contributed by atoms with van der Waals surface area (Å²) in [6, 6.07) is 5.32. The number of pyridine rings is 2. The van der Waals surface area contributed by atoms with Crippen LogP contribution in [0.4, 0.5) is 0 Å². The van der Waals surface area contributed by atoms with Crippen molar-refractivity contribution in [3.8, 4) is 0 Å². The first-order valence-electron chi connectivity index (χ1n) is 7.90. The molecule has 1 aliphatic carbocycles. The SMILES string of the molecule is O=C(c1ccc2cnc(Cl)cc2n1)C1CCC2(CC1)OCCO2. The van der Waals surface area contributed by atoms with Gasteiger partial charge in [0.05, 0.1) is 18.7 Å². The molecule has 2 aromatic rings. The molecule has 0 amide bonds. The highest BCUT2D eigenvalue weighted by molar-refractivity contribution is 6.30. The van der Waals surface area contributed by atoms with E-state index in [1.54, 1.807) is 18.3 Å². The van der Waals surface area contributed by atoms with Crippen LogP contribution in [-0.4, -0.2) is 34.8 Å². The lowest BCUT2D eigenvalue weighted by Crippen LogP contribution is -2.37. The Morgan fingerprint density at radius 1 is 1.22 bits per heavy atom. The number of carbonyl (C=O) groups excluding carboxylic acids is 1. The molecular weight excluding hydrogens is 316 g/mol. The predicted molar refractivity (Wildman–Crippen MR) is 85.5 cm³/mol. The van der Waals surface area contributed by atoms with Crippen LogP contribution in [0.2, 0.25) is 5.15 Å². The molecule has 3 heterocycles. The minimum atomic E-state index is -0.438. The molecule has 4 rings (SSSR count).